The second-order valence-corrected chi connectivity index (χ2v) is 4.45. The van der Waals surface area contributed by atoms with Crippen LogP contribution in [0.5, 0.6) is 0 Å². The second-order valence-electron chi connectivity index (χ2n) is 4.45. The first kappa shape index (κ1) is 11.2. The Hall–Kier alpha value is -1.95. The van der Waals surface area contributed by atoms with Crippen molar-refractivity contribution in [3.8, 4) is 0 Å². The molecule has 0 aliphatic carbocycles. The monoisotopic (exact) mass is 244 g/mol. The molecule has 0 saturated carbocycles. The topological polar surface area (TPSA) is 78.5 Å². The summed E-state index contributed by atoms with van der Waals surface area (Å²) in [5.41, 5.74) is 1.10. The van der Waals surface area contributed by atoms with E-state index in [1.165, 1.54) is 12.8 Å². The van der Waals surface area contributed by atoms with Crippen LogP contribution >= 0.6 is 0 Å². The van der Waals surface area contributed by atoms with Gasteiger partial charge in [-0.25, -0.2) is 9.97 Å². The van der Waals surface area contributed by atoms with E-state index >= 15 is 0 Å². The van der Waals surface area contributed by atoms with Crippen LogP contribution in [0.2, 0.25) is 0 Å². The van der Waals surface area contributed by atoms with Gasteiger partial charge in [-0.05, 0) is 25.5 Å². The molecule has 6 heteroatoms. The van der Waals surface area contributed by atoms with Gasteiger partial charge in [0.15, 0.2) is 0 Å². The Morgan fingerprint density at radius 3 is 2.94 bits per heavy atom. The van der Waals surface area contributed by atoms with Crippen molar-refractivity contribution in [3.63, 3.8) is 0 Å². The molecular formula is C12H16N6. The van der Waals surface area contributed by atoms with Gasteiger partial charge in [-0.15, -0.1) is 0 Å². The Kier molecular flexibility index (Phi) is 3.18. The Labute approximate surface area is 105 Å². The minimum absolute atomic E-state index is 0.502. The molecule has 1 aliphatic rings. The van der Waals surface area contributed by atoms with Crippen molar-refractivity contribution in [2.45, 2.75) is 18.8 Å². The highest BCUT2D eigenvalue weighted by Gasteiger charge is 2.17. The number of hydrogen-bond acceptors (Lipinski definition) is 5. The molecule has 3 rings (SSSR count). The molecule has 6 nitrogen and oxygen atoms in total. The molecule has 18 heavy (non-hydrogen) atoms. The lowest BCUT2D eigenvalue weighted by Crippen LogP contribution is -2.28. The minimum Gasteiger partial charge on any atom is -0.316 e. The zero-order valence-corrected chi connectivity index (χ0v) is 10.1. The fourth-order valence-corrected chi connectivity index (χ4v) is 2.20. The van der Waals surface area contributed by atoms with E-state index in [4.69, 9.17) is 0 Å². The summed E-state index contributed by atoms with van der Waals surface area (Å²) in [6, 6.07) is 3.82. The van der Waals surface area contributed by atoms with Crippen molar-refractivity contribution in [2.24, 2.45) is 0 Å². The quantitative estimate of drug-likeness (QED) is 0.761. The maximum Gasteiger partial charge on any atom is 0.228 e. The van der Waals surface area contributed by atoms with Crippen molar-refractivity contribution >= 4 is 11.8 Å². The second kappa shape index (κ2) is 5.14. The van der Waals surface area contributed by atoms with E-state index in [-0.39, 0.29) is 0 Å². The lowest BCUT2D eigenvalue weighted by Gasteiger charge is -2.20. The van der Waals surface area contributed by atoms with Crippen molar-refractivity contribution in [1.29, 1.82) is 0 Å². The number of nitrogens with zero attached hydrogens (tertiary/aromatic N) is 3. The van der Waals surface area contributed by atoms with Crippen molar-refractivity contribution in [1.82, 2.24) is 25.5 Å². The molecule has 2 aromatic heterocycles. The van der Waals surface area contributed by atoms with E-state index in [0.29, 0.717) is 11.9 Å². The normalized spacial score (nSPS) is 19.7. The summed E-state index contributed by atoms with van der Waals surface area (Å²) in [4.78, 5) is 8.23. The van der Waals surface area contributed by atoms with Crippen LogP contribution in [0.4, 0.5) is 11.8 Å². The molecule has 1 unspecified atom stereocenters. The van der Waals surface area contributed by atoms with E-state index < -0.39 is 0 Å². The van der Waals surface area contributed by atoms with Crippen LogP contribution in [0.15, 0.2) is 24.5 Å². The molecular weight excluding hydrogens is 228 g/mol. The number of aromatic amines is 1. The van der Waals surface area contributed by atoms with Crippen molar-refractivity contribution in [2.75, 3.05) is 18.4 Å². The first-order valence-corrected chi connectivity index (χ1v) is 6.22. The van der Waals surface area contributed by atoms with Crippen molar-refractivity contribution < 1.29 is 0 Å². The summed E-state index contributed by atoms with van der Waals surface area (Å²) < 4.78 is 0. The van der Waals surface area contributed by atoms with E-state index in [1.807, 2.05) is 6.07 Å². The summed E-state index contributed by atoms with van der Waals surface area (Å²) in [5.74, 6) is 1.92. The van der Waals surface area contributed by atoms with E-state index in [1.54, 1.807) is 18.5 Å². The van der Waals surface area contributed by atoms with Gasteiger partial charge in [0, 0.05) is 30.9 Å². The maximum atomic E-state index is 4.35. The standard InChI is InChI=1S/C12H16N6/c1-3-9(8-13-4-1)10-7-11(18-17-10)16-12-14-5-2-6-15-12/h2,5-7,9,13H,1,3-4,8H2,(H2,14,15,16,17,18). The number of aromatic nitrogens is 4. The Balaban J connectivity index is 1.69. The van der Waals surface area contributed by atoms with Crippen LogP contribution in [-0.2, 0) is 0 Å². The van der Waals surface area contributed by atoms with E-state index in [9.17, 15) is 0 Å². The lowest BCUT2D eigenvalue weighted by molar-refractivity contribution is 0.454. The van der Waals surface area contributed by atoms with E-state index in [2.05, 4.69) is 30.8 Å². The van der Waals surface area contributed by atoms with Gasteiger partial charge in [-0.2, -0.15) is 5.10 Å². The number of H-pyrrole nitrogens is 1. The largest absolute Gasteiger partial charge is 0.316 e. The highest BCUT2D eigenvalue weighted by Crippen LogP contribution is 2.23. The lowest BCUT2D eigenvalue weighted by atomic mass is 9.96. The predicted molar refractivity (Wildman–Crippen MR) is 68.7 cm³/mol. The number of hydrogen-bond donors (Lipinski definition) is 3. The summed E-state index contributed by atoms with van der Waals surface area (Å²) in [6.45, 7) is 2.12. The third-order valence-electron chi connectivity index (χ3n) is 3.13. The molecule has 0 bridgehead atoms. The van der Waals surface area contributed by atoms with Gasteiger partial charge >= 0.3 is 0 Å². The molecule has 0 aromatic carbocycles. The SMILES string of the molecule is c1cnc(Nc2cc(C3CCCNC3)n[nH]2)nc1. The molecule has 94 valence electrons. The molecule has 1 saturated heterocycles. The first-order chi connectivity index (χ1) is 8.92. The van der Waals surface area contributed by atoms with Gasteiger partial charge < -0.3 is 10.6 Å². The Morgan fingerprint density at radius 2 is 2.17 bits per heavy atom. The van der Waals surface area contributed by atoms with Crippen LogP contribution in [-0.4, -0.2) is 33.3 Å². The average Bonchev–Trinajstić information content (AvgIpc) is 2.89. The van der Waals surface area contributed by atoms with Crippen LogP contribution < -0.4 is 10.6 Å². The molecule has 2 aromatic rings. The van der Waals surface area contributed by atoms with Crippen LogP contribution in [0.25, 0.3) is 0 Å². The van der Waals surface area contributed by atoms with Gasteiger partial charge in [0.05, 0.1) is 5.69 Å². The third-order valence-corrected chi connectivity index (χ3v) is 3.13. The number of rotatable bonds is 3. The highest BCUT2D eigenvalue weighted by atomic mass is 15.2. The summed E-state index contributed by atoms with van der Waals surface area (Å²) >= 11 is 0. The van der Waals surface area contributed by atoms with Crippen LogP contribution in [0.1, 0.15) is 24.5 Å². The average molecular weight is 244 g/mol. The molecule has 3 N–H and O–H groups in total. The Bertz CT molecular complexity index is 488. The molecule has 1 atom stereocenters. The number of nitrogens with one attached hydrogen (secondary N) is 3. The van der Waals surface area contributed by atoms with Gasteiger partial charge in [-0.3, -0.25) is 5.10 Å². The highest BCUT2D eigenvalue weighted by molar-refractivity contribution is 5.47. The minimum atomic E-state index is 0.502. The zero-order valence-electron chi connectivity index (χ0n) is 10.1. The smallest absolute Gasteiger partial charge is 0.228 e. The molecule has 1 aliphatic heterocycles. The summed E-state index contributed by atoms with van der Waals surface area (Å²) in [6.07, 6.45) is 5.82. The Morgan fingerprint density at radius 1 is 1.28 bits per heavy atom. The number of anilines is 2. The van der Waals surface area contributed by atoms with Gasteiger partial charge in [0.1, 0.15) is 5.82 Å². The first-order valence-electron chi connectivity index (χ1n) is 6.22. The molecule has 0 radical (unpaired) electrons. The van der Waals surface area contributed by atoms with Crippen LogP contribution in [0, 0.1) is 0 Å². The van der Waals surface area contributed by atoms with Gasteiger partial charge in [0.25, 0.3) is 0 Å². The molecule has 0 amide bonds. The van der Waals surface area contributed by atoms with Gasteiger partial charge in [-0.1, -0.05) is 0 Å². The molecule has 1 fully saturated rings. The van der Waals surface area contributed by atoms with Gasteiger partial charge in [0.2, 0.25) is 5.95 Å². The maximum absolute atomic E-state index is 4.35. The summed E-state index contributed by atoms with van der Waals surface area (Å²) in [5, 5.41) is 13.8. The molecule has 3 heterocycles. The zero-order chi connectivity index (χ0) is 12.2. The van der Waals surface area contributed by atoms with Crippen molar-refractivity contribution in [3.05, 3.63) is 30.2 Å². The predicted octanol–water partition coefficient (Wildman–Crippen LogP) is 1.41. The van der Waals surface area contributed by atoms with E-state index in [0.717, 1.165) is 24.6 Å². The summed E-state index contributed by atoms with van der Waals surface area (Å²) in [7, 11) is 0. The fraction of sp³-hybridized carbons (Fsp3) is 0.417. The number of piperidine rings is 1. The molecule has 0 spiro atoms. The third kappa shape index (κ3) is 2.48. The van der Waals surface area contributed by atoms with Crippen LogP contribution in [0.3, 0.4) is 0 Å². The fourth-order valence-electron chi connectivity index (χ4n) is 2.20.